The number of ether oxygens (including phenoxy) is 2. The predicted molar refractivity (Wildman–Crippen MR) is 123 cm³/mol. The van der Waals surface area contributed by atoms with Gasteiger partial charge in [0.2, 0.25) is 5.91 Å². The van der Waals surface area contributed by atoms with E-state index in [0.29, 0.717) is 32.1 Å². The summed E-state index contributed by atoms with van der Waals surface area (Å²) in [7, 11) is 1.95. The fourth-order valence-electron chi connectivity index (χ4n) is 3.98. The molecule has 6 nitrogen and oxygen atoms in total. The lowest BCUT2D eigenvalue weighted by atomic mass is 10.0. The fourth-order valence-corrected chi connectivity index (χ4v) is 3.98. The Morgan fingerprint density at radius 3 is 2.48 bits per heavy atom. The summed E-state index contributed by atoms with van der Waals surface area (Å²) >= 11 is 0. The van der Waals surface area contributed by atoms with Crippen molar-refractivity contribution in [3.05, 3.63) is 54.4 Å². The van der Waals surface area contributed by atoms with E-state index in [-0.39, 0.29) is 5.91 Å². The number of nitrogens with zero attached hydrogens (tertiary/aromatic N) is 3. The van der Waals surface area contributed by atoms with Crippen LogP contribution in [0.2, 0.25) is 0 Å². The Hall–Kier alpha value is -2.60. The number of hydrogen-bond donors (Lipinski definition) is 0. The van der Waals surface area contributed by atoms with Gasteiger partial charge in [-0.1, -0.05) is 18.2 Å². The normalized spacial score (nSPS) is 14.9. The van der Waals surface area contributed by atoms with Gasteiger partial charge in [-0.15, -0.1) is 0 Å². The minimum Gasteiger partial charge on any atom is -0.490 e. The van der Waals surface area contributed by atoms with E-state index in [1.807, 2.05) is 61.5 Å². The van der Waals surface area contributed by atoms with E-state index in [1.165, 1.54) is 0 Å². The molecule has 31 heavy (non-hydrogen) atoms. The average Bonchev–Trinajstić information content (AvgIpc) is 2.82. The van der Waals surface area contributed by atoms with Crippen molar-refractivity contribution in [2.45, 2.75) is 45.1 Å². The Morgan fingerprint density at radius 1 is 1.10 bits per heavy atom. The summed E-state index contributed by atoms with van der Waals surface area (Å²) in [6.45, 7) is 6.17. The van der Waals surface area contributed by atoms with Crippen molar-refractivity contribution in [2.75, 3.05) is 39.9 Å². The van der Waals surface area contributed by atoms with Crippen molar-refractivity contribution in [3.8, 4) is 11.5 Å². The molecule has 1 fully saturated rings. The molecule has 1 saturated heterocycles. The molecule has 1 aliphatic heterocycles. The second-order valence-electron chi connectivity index (χ2n) is 7.98. The van der Waals surface area contributed by atoms with Gasteiger partial charge >= 0.3 is 0 Å². The molecule has 2 heterocycles. The third-order valence-electron chi connectivity index (χ3n) is 5.85. The Labute approximate surface area is 186 Å². The van der Waals surface area contributed by atoms with E-state index >= 15 is 0 Å². The van der Waals surface area contributed by atoms with Crippen molar-refractivity contribution in [1.82, 2.24) is 14.8 Å². The van der Waals surface area contributed by atoms with Gasteiger partial charge in [0.25, 0.3) is 0 Å². The number of carbonyl (C=O) groups is 1. The lowest BCUT2D eigenvalue weighted by Crippen LogP contribution is -2.46. The molecule has 2 aromatic rings. The fraction of sp³-hybridized carbons (Fsp3) is 0.520. The first-order valence-corrected chi connectivity index (χ1v) is 11.4. The zero-order chi connectivity index (χ0) is 21.9. The first kappa shape index (κ1) is 23.1. The molecule has 1 aromatic carbocycles. The largest absolute Gasteiger partial charge is 0.490 e. The summed E-state index contributed by atoms with van der Waals surface area (Å²) < 4.78 is 11.4. The van der Waals surface area contributed by atoms with Crippen molar-refractivity contribution in [1.29, 1.82) is 0 Å². The molecule has 3 rings (SSSR count). The van der Waals surface area contributed by atoms with Crippen LogP contribution in [0, 0.1) is 0 Å². The van der Waals surface area contributed by atoms with E-state index in [0.717, 1.165) is 56.1 Å². The van der Waals surface area contributed by atoms with Gasteiger partial charge in [-0.2, -0.15) is 0 Å². The molecule has 1 aliphatic rings. The molecule has 0 unspecified atom stereocenters. The molecule has 6 heteroatoms. The number of pyridine rings is 1. The van der Waals surface area contributed by atoms with Crippen LogP contribution in [0.25, 0.3) is 0 Å². The van der Waals surface area contributed by atoms with Crippen LogP contribution in [0.1, 0.15) is 38.3 Å². The number of benzene rings is 1. The highest BCUT2D eigenvalue weighted by atomic mass is 16.5. The lowest BCUT2D eigenvalue weighted by molar-refractivity contribution is -0.133. The quantitative estimate of drug-likeness (QED) is 0.513. The number of carbonyl (C=O) groups excluding carboxylic acids is 1. The van der Waals surface area contributed by atoms with E-state index in [9.17, 15) is 4.79 Å². The summed E-state index contributed by atoms with van der Waals surface area (Å²) in [5.41, 5.74) is 1.14. The predicted octanol–water partition coefficient (Wildman–Crippen LogP) is 3.80. The summed E-state index contributed by atoms with van der Waals surface area (Å²) in [6, 6.07) is 14.1. The maximum atomic E-state index is 12.6. The van der Waals surface area contributed by atoms with Gasteiger partial charge in [-0.05, 0) is 50.5 Å². The molecule has 168 valence electrons. The monoisotopic (exact) mass is 425 g/mol. The minimum absolute atomic E-state index is 0.202. The molecule has 1 aromatic heterocycles. The van der Waals surface area contributed by atoms with Gasteiger partial charge in [-0.3, -0.25) is 9.78 Å². The Balaban J connectivity index is 1.33. The van der Waals surface area contributed by atoms with Crippen LogP contribution in [0.4, 0.5) is 0 Å². The highest BCUT2D eigenvalue weighted by molar-refractivity contribution is 5.76. The molecular weight excluding hydrogens is 390 g/mol. The third kappa shape index (κ3) is 7.24. The number of aromatic nitrogens is 1. The first-order valence-electron chi connectivity index (χ1n) is 11.4. The molecule has 1 amide bonds. The number of likely N-dealkylation sites (tertiary alicyclic amines) is 1. The first-order chi connectivity index (χ1) is 15.2. The highest BCUT2D eigenvalue weighted by Crippen LogP contribution is 2.26. The number of piperidine rings is 1. The van der Waals surface area contributed by atoms with E-state index < -0.39 is 0 Å². The maximum Gasteiger partial charge on any atom is 0.222 e. The molecule has 0 atom stereocenters. The maximum absolute atomic E-state index is 12.6. The SMILES string of the molecule is CCOc1ccccc1OCCCC(=O)N(C)C1CCN(CCc2ccccn2)CC1. The van der Waals surface area contributed by atoms with Gasteiger partial charge in [0.15, 0.2) is 11.5 Å². The number of hydrogen-bond acceptors (Lipinski definition) is 5. The van der Waals surface area contributed by atoms with Crippen LogP contribution in [-0.4, -0.2) is 66.6 Å². The topological polar surface area (TPSA) is 54.9 Å². The highest BCUT2D eigenvalue weighted by Gasteiger charge is 2.25. The molecule has 0 N–H and O–H groups in total. The summed E-state index contributed by atoms with van der Waals surface area (Å²) in [5.74, 6) is 1.69. The molecule has 0 radical (unpaired) electrons. The van der Waals surface area contributed by atoms with Crippen LogP contribution in [0.3, 0.4) is 0 Å². The number of para-hydroxylation sites is 2. The molecule has 0 spiro atoms. The molecular formula is C25H35N3O3. The third-order valence-corrected chi connectivity index (χ3v) is 5.85. The number of amides is 1. The summed E-state index contributed by atoms with van der Waals surface area (Å²) in [5, 5.41) is 0. The standard InChI is InChI=1S/C25H35N3O3/c1-3-30-23-10-4-5-11-24(23)31-20-8-12-25(29)27(2)22-14-18-28(19-15-22)17-13-21-9-6-7-16-26-21/h4-7,9-11,16,22H,3,8,12-15,17-20H2,1-2H3. The smallest absolute Gasteiger partial charge is 0.222 e. The van der Waals surface area contributed by atoms with Crippen molar-refractivity contribution >= 4 is 5.91 Å². The van der Waals surface area contributed by atoms with Gasteiger partial charge in [0, 0.05) is 57.5 Å². The van der Waals surface area contributed by atoms with Crippen LogP contribution in [-0.2, 0) is 11.2 Å². The Kier molecular flexibility index (Phi) is 9.16. The Morgan fingerprint density at radius 2 is 1.81 bits per heavy atom. The van der Waals surface area contributed by atoms with Gasteiger partial charge in [0.05, 0.1) is 13.2 Å². The van der Waals surface area contributed by atoms with Crippen molar-refractivity contribution in [2.24, 2.45) is 0 Å². The van der Waals surface area contributed by atoms with Crippen LogP contribution >= 0.6 is 0 Å². The van der Waals surface area contributed by atoms with E-state index in [2.05, 4.69) is 16.0 Å². The average molecular weight is 426 g/mol. The zero-order valence-corrected chi connectivity index (χ0v) is 18.8. The molecule has 0 bridgehead atoms. The summed E-state index contributed by atoms with van der Waals surface area (Å²) in [4.78, 5) is 21.5. The van der Waals surface area contributed by atoms with E-state index in [4.69, 9.17) is 9.47 Å². The lowest BCUT2D eigenvalue weighted by Gasteiger charge is -2.36. The van der Waals surface area contributed by atoms with Crippen molar-refractivity contribution in [3.63, 3.8) is 0 Å². The van der Waals surface area contributed by atoms with Crippen LogP contribution in [0.15, 0.2) is 48.7 Å². The molecule has 0 aliphatic carbocycles. The van der Waals surface area contributed by atoms with Crippen molar-refractivity contribution < 1.29 is 14.3 Å². The Bertz CT molecular complexity index is 792. The van der Waals surface area contributed by atoms with Crippen LogP contribution in [0.5, 0.6) is 11.5 Å². The minimum atomic E-state index is 0.202. The van der Waals surface area contributed by atoms with Gasteiger partial charge < -0.3 is 19.3 Å². The second-order valence-corrected chi connectivity index (χ2v) is 7.98. The zero-order valence-electron chi connectivity index (χ0n) is 18.8. The van der Waals surface area contributed by atoms with Crippen LogP contribution < -0.4 is 9.47 Å². The number of rotatable bonds is 11. The van der Waals surface area contributed by atoms with E-state index in [1.54, 1.807) is 0 Å². The molecule has 0 saturated carbocycles. The second kappa shape index (κ2) is 12.3. The van der Waals surface area contributed by atoms with Gasteiger partial charge in [-0.25, -0.2) is 0 Å². The summed E-state index contributed by atoms with van der Waals surface area (Å²) in [6.07, 6.45) is 6.10. The van der Waals surface area contributed by atoms with Gasteiger partial charge in [0.1, 0.15) is 0 Å².